The molecule has 2 aromatic carbocycles. The number of hydrogen-bond acceptors (Lipinski definition) is 2. The van der Waals surface area contributed by atoms with Gasteiger partial charge in [-0.1, -0.05) is 41.9 Å². The fourth-order valence-corrected chi connectivity index (χ4v) is 3.13. The highest BCUT2D eigenvalue weighted by Crippen LogP contribution is 2.13. The molecule has 132 valence electrons. The third kappa shape index (κ3) is 4.94. The van der Waals surface area contributed by atoms with E-state index < -0.39 is 0 Å². The molecule has 1 saturated heterocycles. The van der Waals surface area contributed by atoms with Crippen LogP contribution < -0.4 is 5.32 Å². The summed E-state index contributed by atoms with van der Waals surface area (Å²) in [6, 6.07) is 14.2. The number of hydrogen-bond donors (Lipinski definition) is 1. The number of halogens is 2. The molecule has 0 atom stereocenters. The van der Waals surface area contributed by atoms with Gasteiger partial charge in [-0.3, -0.25) is 4.90 Å². The lowest BCUT2D eigenvalue weighted by atomic mass is 10.2. The standard InChI is InChI=1S/C19H21ClFN3O/c20-17-6-3-4-15(12-17)13-22-19(25)24-10-8-23(9-11-24)14-16-5-1-2-7-18(16)21/h1-7,12H,8-11,13-14H2,(H,22,25). The predicted octanol–water partition coefficient (Wildman–Crippen LogP) is 3.51. The van der Waals surface area contributed by atoms with Gasteiger partial charge in [0.1, 0.15) is 5.82 Å². The first-order chi connectivity index (χ1) is 12.1. The smallest absolute Gasteiger partial charge is 0.317 e. The fourth-order valence-electron chi connectivity index (χ4n) is 2.91. The van der Waals surface area contributed by atoms with Crippen LogP contribution in [0.2, 0.25) is 5.02 Å². The summed E-state index contributed by atoms with van der Waals surface area (Å²) >= 11 is 5.95. The number of urea groups is 1. The van der Waals surface area contributed by atoms with Crippen LogP contribution in [-0.2, 0) is 13.1 Å². The minimum Gasteiger partial charge on any atom is -0.334 e. The molecular formula is C19H21ClFN3O. The monoisotopic (exact) mass is 361 g/mol. The van der Waals surface area contributed by atoms with Crippen LogP contribution in [0.4, 0.5) is 9.18 Å². The Labute approximate surface area is 152 Å². The van der Waals surface area contributed by atoms with E-state index in [4.69, 9.17) is 11.6 Å². The maximum absolute atomic E-state index is 13.7. The van der Waals surface area contributed by atoms with Crippen LogP contribution in [0.3, 0.4) is 0 Å². The molecule has 0 saturated carbocycles. The second-order valence-corrected chi connectivity index (χ2v) is 6.58. The Morgan fingerprint density at radius 1 is 1.08 bits per heavy atom. The molecule has 1 N–H and O–H groups in total. The summed E-state index contributed by atoms with van der Waals surface area (Å²) in [6.07, 6.45) is 0. The van der Waals surface area contributed by atoms with Crippen molar-refractivity contribution in [2.45, 2.75) is 13.1 Å². The number of piperazine rings is 1. The molecule has 1 fully saturated rings. The highest BCUT2D eigenvalue weighted by atomic mass is 35.5. The maximum Gasteiger partial charge on any atom is 0.317 e. The predicted molar refractivity (Wildman–Crippen MR) is 96.9 cm³/mol. The van der Waals surface area contributed by atoms with Crippen molar-refractivity contribution in [2.75, 3.05) is 26.2 Å². The van der Waals surface area contributed by atoms with E-state index in [0.717, 1.165) is 18.7 Å². The molecule has 25 heavy (non-hydrogen) atoms. The molecule has 0 radical (unpaired) electrons. The summed E-state index contributed by atoms with van der Waals surface area (Å²) < 4.78 is 13.7. The molecule has 0 aromatic heterocycles. The SMILES string of the molecule is O=C(NCc1cccc(Cl)c1)N1CCN(Cc2ccccc2F)CC1. The lowest BCUT2D eigenvalue weighted by molar-refractivity contribution is 0.134. The minimum atomic E-state index is -0.177. The molecule has 3 rings (SSSR count). The van der Waals surface area contributed by atoms with Gasteiger partial charge in [0, 0.05) is 49.9 Å². The molecule has 0 aliphatic carbocycles. The molecule has 6 heteroatoms. The van der Waals surface area contributed by atoms with Gasteiger partial charge < -0.3 is 10.2 Å². The van der Waals surface area contributed by atoms with Crippen molar-refractivity contribution in [1.29, 1.82) is 0 Å². The van der Waals surface area contributed by atoms with Crippen molar-refractivity contribution in [1.82, 2.24) is 15.1 Å². The quantitative estimate of drug-likeness (QED) is 0.904. The molecule has 2 amide bonds. The van der Waals surface area contributed by atoms with E-state index in [9.17, 15) is 9.18 Å². The summed E-state index contributed by atoms with van der Waals surface area (Å²) in [5.41, 5.74) is 1.67. The van der Waals surface area contributed by atoms with Crippen LogP contribution in [0.25, 0.3) is 0 Å². The van der Waals surface area contributed by atoms with E-state index in [1.807, 2.05) is 30.3 Å². The minimum absolute atomic E-state index is 0.0782. The average molecular weight is 362 g/mol. The van der Waals surface area contributed by atoms with Crippen LogP contribution >= 0.6 is 11.6 Å². The Bertz CT molecular complexity index is 732. The summed E-state index contributed by atoms with van der Waals surface area (Å²) in [5.74, 6) is -0.177. The zero-order chi connectivity index (χ0) is 17.6. The highest BCUT2D eigenvalue weighted by molar-refractivity contribution is 6.30. The van der Waals surface area contributed by atoms with E-state index >= 15 is 0 Å². The fraction of sp³-hybridized carbons (Fsp3) is 0.316. The molecule has 1 aliphatic rings. The normalized spacial score (nSPS) is 15.2. The van der Waals surface area contributed by atoms with Crippen LogP contribution in [0.15, 0.2) is 48.5 Å². The Morgan fingerprint density at radius 3 is 2.56 bits per heavy atom. The second kappa shape index (κ2) is 8.32. The average Bonchev–Trinajstić information content (AvgIpc) is 2.62. The Hall–Kier alpha value is -2.11. The van der Waals surface area contributed by atoms with Gasteiger partial charge in [-0.05, 0) is 23.8 Å². The van der Waals surface area contributed by atoms with Gasteiger partial charge in [0.15, 0.2) is 0 Å². The summed E-state index contributed by atoms with van der Waals surface area (Å²) in [4.78, 5) is 16.2. The van der Waals surface area contributed by atoms with Crippen molar-refractivity contribution >= 4 is 17.6 Å². The van der Waals surface area contributed by atoms with Gasteiger partial charge >= 0.3 is 6.03 Å². The van der Waals surface area contributed by atoms with Crippen LogP contribution in [0, 0.1) is 5.82 Å². The molecule has 4 nitrogen and oxygen atoms in total. The molecule has 0 spiro atoms. The first-order valence-electron chi connectivity index (χ1n) is 8.35. The Morgan fingerprint density at radius 2 is 1.84 bits per heavy atom. The maximum atomic E-state index is 13.7. The van der Waals surface area contributed by atoms with Crippen molar-refractivity contribution in [3.05, 3.63) is 70.5 Å². The molecule has 1 heterocycles. The number of rotatable bonds is 4. The number of nitrogens with zero attached hydrogens (tertiary/aromatic N) is 2. The first kappa shape index (κ1) is 17.7. The van der Waals surface area contributed by atoms with E-state index in [2.05, 4.69) is 10.2 Å². The number of nitrogens with one attached hydrogen (secondary N) is 1. The molecule has 1 aliphatic heterocycles. The van der Waals surface area contributed by atoms with Crippen molar-refractivity contribution in [3.63, 3.8) is 0 Å². The molecule has 0 bridgehead atoms. The first-order valence-corrected chi connectivity index (χ1v) is 8.72. The number of carbonyl (C=O) groups excluding carboxylic acids is 1. The zero-order valence-corrected chi connectivity index (χ0v) is 14.7. The van der Waals surface area contributed by atoms with Gasteiger partial charge in [0.2, 0.25) is 0 Å². The van der Waals surface area contributed by atoms with Crippen molar-refractivity contribution in [2.24, 2.45) is 0 Å². The van der Waals surface area contributed by atoms with Crippen LogP contribution in [0.1, 0.15) is 11.1 Å². The third-order valence-corrected chi connectivity index (χ3v) is 4.58. The largest absolute Gasteiger partial charge is 0.334 e. The van der Waals surface area contributed by atoms with E-state index in [1.54, 1.807) is 17.0 Å². The number of amides is 2. The van der Waals surface area contributed by atoms with Crippen LogP contribution in [-0.4, -0.2) is 42.0 Å². The Kier molecular flexibility index (Phi) is 5.89. The lowest BCUT2D eigenvalue weighted by Gasteiger charge is -2.34. The van der Waals surface area contributed by atoms with E-state index in [-0.39, 0.29) is 11.8 Å². The third-order valence-electron chi connectivity index (χ3n) is 4.34. The zero-order valence-electron chi connectivity index (χ0n) is 13.9. The highest BCUT2D eigenvalue weighted by Gasteiger charge is 2.21. The van der Waals surface area contributed by atoms with Crippen LogP contribution in [0.5, 0.6) is 0 Å². The second-order valence-electron chi connectivity index (χ2n) is 6.14. The van der Waals surface area contributed by atoms with Crippen molar-refractivity contribution in [3.8, 4) is 0 Å². The van der Waals surface area contributed by atoms with E-state index in [0.29, 0.717) is 36.8 Å². The number of benzene rings is 2. The van der Waals surface area contributed by atoms with Gasteiger partial charge in [-0.25, -0.2) is 9.18 Å². The summed E-state index contributed by atoms with van der Waals surface area (Å²) in [6.45, 7) is 3.77. The van der Waals surface area contributed by atoms with Gasteiger partial charge in [0.25, 0.3) is 0 Å². The molecular weight excluding hydrogens is 341 g/mol. The topological polar surface area (TPSA) is 35.6 Å². The summed E-state index contributed by atoms with van der Waals surface area (Å²) in [7, 11) is 0. The van der Waals surface area contributed by atoms with E-state index in [1.165, 1.54) is 6.07 Å². The lowest BCUT2D eigenvalue weighted by Crippen LogP contribution is -2.51. The Balaban J connectivity index is 1.45. The van der Waals surface area contributed by atoms with Gasteiger partial charge in [-0.15, -0.1) is 0 Å². The number of carbonyl (C=O) groups is 1. The van der Waals surface area contributed by atoms with Gasteiger partial charge in [-0.2, -0.15) is 0 Å². The molecule has 0 unspecified atom stereocenters. The molecule has 2 aromatic rings. The summed E-state index contributed by atoms with van der Waals surface area (Å²) in [5, 5.41) is 3.58. The van der Waals surface area contributed by atoms with Crippen molar-refractivity contribution < 1.29 is 9.18 Å². The van der Waals surface area contributed by atoms with Gasteiger partial charge in [0.05, 0.1) is 0 Å².